The van der Waals surface area contributed by atoms with Crippen LogP contribution in [0.5, 0.6) is 0 Å². The van der Waals surface area contributed by atoms with E-state index in [1.54, 1.807) is 20.4 Å². The van der Waals surface area contributed by atoms with Gasteiger partial charge in [-0.25, -0.2) is 0 Å². The van der Waals surface area contributed by atoms with Crippen LogP contribution >= 0.6 is 0 Å². The van der Waals surface area contributed by atoms with Crippen LogP contribution in [0.4, 0.5) is 0 Å². The van der Waals surface area contributed by atoms with Gasteiger partial charge >= 0.3 is 0 Å². The minimum atomic E-state index is -3.54. The smallest absolute Gasteiger partial charge is 0.280 e. The zero-order chi connectivity index (χ0) is 16.3. The quantitative estimate of drug-likeness (QED) is 0.835. The van der Waals surface area contributed by atoms with Crippen LogP contribution in [0.25, 0.3) is 0 Å². The number of methoxy groups -OCH3 is 1. The fourth-order valence-electron chi connectivity index (χ4n) is 2.62. The number of hydrogen-bond donors (Lipinski definition) is 1. The van der Waals surface area contributed by atoms with Crippen molar-refractivity contribution in [2.45, 2.75) is 51.8 Å². The molecule has 1 fully saturated rings. The number of nitrogens with zero attached hydrogens (tertiary/aromatic N) is 4. The Kier molecular flexibility index (Phi) is 5.54. The van der Waals surface area contributed by atoms with Crippen molar-refractivity contribution in [2.75, 3.05) is 20.2 Å². The summed E-state index contributed by atoms with van der Waals surface area (Å²) in [5, 5.41) is 7.92. The van der Waals surface area contributed by atoms with E-state index in [4.69, 9.17) is 4.74 Å². The van der Waals surface area contributed by atoms with Gasteiger partial charge in [-0.2, -0.15) is 17.4 Å². The summed E-state index contributed by atoms with van der Waals surface area (Å²) >= 11 is 0. The van der Waals surface area contributed by atoms with Gasteiger partial charge in [-0.15, -0.1) is 10.2 Å². The zero-order valence-electron chi connectivity index (χ0n) is 13.6. The van der Waals surface area contributed by atoms with Crippen molar-refractivity contribution >= 4 is 10.2 Å². The Morgan fingerprint density at radius 1 is 1.32 bits per heavy atom. The minimum absolute atomic E-state index is 0.146. The molecule has 126 valence electrons. The summed E-state index contributed by atoms with van der Waals surface area (Å²) in [6.45, 7) is 6.73. The van der Waals surface area contributed by atoms with Gasteiger partial charge in [0.2, 0.25) is 0 Å². The molecule has 1 N–H and O–H groups in total. The third-order valence-electron chi connectivity index (χ3n) is 3.94. The molecule has 0 spiro atoms. The lowest BCUT2D eigenvalue weighted by atomic mass is 10.1. The molecule has 0 aliphatic carbocycles. The molecule has 0 saturated carbocycles. The van der Waals surface area contributed by atoms with E-state index in [2.05, 4.69) is 14.9 Å². The van der Waals surface area contributed by atoms with Crippen molar-refractivity contribution in [3.63, 3.8) is 0 Å². The first-order valence-corrected chi connectivity index (χ1v) is 8.98. The van der Waals surface area contributed by atoms with Crippen LogP contribution in [0.3, 0.4) is 0 Å². The molecular formula is C13H25N5O3S. The molecule has 1 aliphatic heterocycles. The first-order valence-electron chi connectivity index (χ1n) is 7.54. The molecule has 1 atom stereocenters. The maximum atomic E-state index is 12.5. The highest BCUT2D eigenvalue weighted by Gasteiger charge is 2.30. The van der Waals surface area contributed by atoms with E-state index in [-0.39, 0.29) is 12.1 Å². The average molecular weight is 331 g/mol. The van der Waals surface area contributed by atoms with E-state index < -0.39 is 16.3 Å². The predicted octanol–water partition coefficient (Wildman–Crippen LogP) is 0.865. The van der Waals surface area contributed by atoms with Gasteiger partial charge < -0.3 is 9.30 Å². The van der Waals surface area contributed by atoms with E-state index in [9.17, 15) is 8.42 Å². The normalized spacial score (nSPS) is 19.7. The molecule has 0 radical (unpaired) electrons. The first kappa shape index (κ1) is 17.3. The largest absolute Gasteiger partial charge is 0.381 e. The predicted molar refractivity (Wildman–Crippen MR) is 82.5 cm³/mol. The molecule has 22 heavy (non-hydrogen) atoms. The number of nitrogens with one attached hydrogen (secondary N) is 1. The van der Waals surface area contributed by atoms with Crippen LogP contribution in [0.2, 0.25) is 0 Å². The Bertz CT molecular complexity index is 578. The third kappa shape index (κ3) is 3.83. The molecule has 2 rings (SSSR count). The zero-order valence-corrected chi connectivity index (χ0v) is 14.4. The van der Waals surface area contributed by atoms with Crippen LogP contribution in [-0.2, 0) is 14.9 Å². The van der Waals surface area contributed by atoms with E-state index in [0.717, 1.165) is 0 Å². The molecule has 9 heteroatoms. The molecule has 0 aromatic carbocycles. The average Bonchev–Trinajstić information content (AvgIpc) is 2.96. The topological polar surface area (TPSA) is 89.3 Å². The number of ether oxygens (including phenoxy) is 1. The van der Waals surface area contributed by atoms with Crippen LogP contribution in [-0.4, -0.2) is 53.8 Å². The van der Waals surface area contributed by atoms with Crippen molar-refractivity contribution in [3.05, 3.63) is 12.2 Å². The second kappa shape index (κ2) is 7.03. The lowest BCUT2D eigenvalue weighted by molar-refractivity contribution is 0.0601. The maximum absolute atomic E-state index is 12.5. The summed E-state index contributed by atoms with van der Waals surface area (Å²) in [5.74, 6) is 0.616. The van der Waals surface area contributed by atoms with E-state index >= 15 is 0 Å². The summed E-state index contributed by atoms with van der Waals surface area (Å²) in [5.41, 5.74) is 0. The summed E-state index contributed by atoms with van der Waals surface area (Å²) < 4.78 is 36.3. The van der Waals surface area contributed by atoms with Gasteiger partial charge in [-0.3, -0.25) is 0 Å². The number of rotatable bonds is 6. The van der Waals surface area contributed by atoms with Gasteiger partial charge in [-0.05, 0) is 33.6 Å². The molecule has 1 saturated heterocycles. The van der Waals surface area contributed by atoms with Crippen LogP contribution in [0, 0.1) is 0 Å². The highest BCUT2D eigenvalue weighted by atomic mass is 32.2. The Morgan fingerprint density at radius 2 is 1.95 bits per heavy atom. The minimum Gasteiger partial charge on any atom is -0.381 e. The van der Waals surface area contributed by atoms with E-state index in [1.165, 1.54) is 4.31 Å². The van der Waals surface area contributed by atoms with Crippen molar-refractivity contribution in [1.82, 2.24) is 23.8 Å². The summed E-state index contributed by atoms with van der Waals surface area (Å²) in [6.07, 6.45) is 3.20. The molecular weight excluding hydrogens is 306 g/mol. The second-order valence-electron chi connectivity index (χ2n) is 5.87. The third-order valence-corrected chi connectivity index (χ3v) is 5.64. The van der Waals surface area contributed by atoms with E-state index in [1.807, 2.05) is 18.4 Å². The molecule has 1 aliphatic rings. The second-order valence-corrected chi connectivity index (χ2v) is 7.57. The SMILES string of the molecule is COC1CCN(S(=O)(=O)NC(C)c2nncn2C(C)C)CC1. The van der Waals surface area contributed by atoms with Crippen molar-refractivity contribution in [2.24, 2.45) is 0 Å². The number of aromatic nitrogens is 3. The summed E-state index contributed by atoms with van der Waals surface area (Å²) in [7, 11) is -1.88. The highest BCUT2D eigenvalue weighted by Crippen LogP contribution is 2.19. The van der Waals surface area contributed by atoms with Crippen LogP contribution in [0.15, 0.2) is 6.33 Å². The van der Waals surface area contributed by atoms with Gasteiger partial charge in [0.25, 0.3) is 10.2 Å². The highest BCUT2D eigenvalue weighted by molar-refractivity contribution is 7.87. The molecule has 1 unspecified atom stereocenters. The van der Waals surface area contributed by atoms with Crippen molar-refractivity contribution in [1.29, 1.82) is 0 Å². The van der Waals surface area contributed by atoms with E-state index in [0.29, 0.717) is 31.8 Å². The lowest BCUT2D eigenvalue weighted by Crippen LogP contribution is -2.47. The van der Waals surface area contributed by atoms with Gasteiger partial charge in [0.15, 0.2) is 5.82 Å². The van der Waals surface area contributed by atoms with Gasteiger partial charge in [0.1, 0.15) is 6.33 Å². The first-order chi connectivity index (χ1) is 10.3. The number of hydrogen-bond acceptors (Lipinski definition) is 5. The molecule has 1 aromatic rings. The maximum Gasteiger partial charge on any atom is 0.280 e. The fourth-order valence-corrected chi connectivity index (χ4v) is 4.01. The summed E-state index contributed by atoms with van der Waals surface area (Å²) in [6, 6.07) is -0.260. The Hall–Kier alpha value is -1.03. The summed E-state index contributed by atoms with van der Waals surface area (Å²) in [4.78, 5) is 0. The molecule has 8 nitrogen and oxygen atoms in total. The molecule has 0 bridgehead atoms. The van der Waals surface area contributed by atoms with Crippen molar-refractivity contribution in [3.8, 4) is 0 Å². The standard InChI is InChI=1S/C13H25N5O3S/c1-10(2)18-9-14-15-13(18)11(3)16-22(19,20)17-7-5-12(21-4)6-8-17/h9-12,16H,5-8H2,1-4H3. The lowest BCUT2D eigenvalue weighted by Gasteiger charge is -2.31. The van der Waals surface area contributed by atoms with Crippen LogP contribution < -0.4 is 4.72 Å². The van der Waals surface area contributed by atoms with Crippen LogP contribution in [0.1, 0.15) is 51.5 Å². The van der Waals surface area contributed by atoms with Crippen molar-refractivity contribution < 1.29 is 13.2 Å². The monoisotopic (exact) mass is 331 g/mol. The fraction of sp³-hybridized carbons (Fsp3) is 0.846. The van der Waals surface area contributed by atoms with Gasteiger partial charge in [0.05, 0.1) is 12.1 Å². The Balaban J connectivity index is 2.04. The Morgan fingerprint density at radius 3 is 2.50 bits per heavy atom. The van der Waals surface area contributed by atoms with Gasteiger partial charge in [0, 0.05) is 26.2 Å². The molecule has 2 heterocycles. The van der Waals surface area contributed by atoms with Gasteiger partial charge in [-0.1, -0.05) is 0 Å². The number of piperidine rings is 1. The Labute approximate surface area is 132 Å². The molecule has 0 amide bonds. The molecule has 1 aromatic heterocycles.